The number of benzene rings is 3. The standard InChI is InChI=1S/C27H23FN4O5S2/c1-17(33)30-39(35,36)31-22-8-11-24-20(15-22)12-13-32(24)27-29-26(34)25(38-27)14-18-4-9-23(10-5-18)37-16-19-2-6-21(28)7-3-19/h2-11,14-15,31H,12-13,16H2,1H3,(H,30,33)/b25-14-. The summed E-state index contributed by atoms with van der Waals surface area (Å²) in [5.74, 6) is -0.669. The van der Waals surface area contributed by atoms with Gasteiger partial charge in [-0.05, 0) is 83.4 Å². The minimum absolute atomic E-state index is 0.296. The summed E-state index contributed by atoms with van der Waals surface area (Å²) in [7, 11) is -4.01. The van der Waals surface area contributed by atoms with Crippen molar-refractivity contribution in [2.45, 2.75) is 20.0 Å². The number of nitrogens with zero attached hydrogens (tertiary/aromatic N) is 2. The third-order valence-corrected chi connectivity index (χ3v) is 7.91. The van der Waals surface area contributed by atoms with E-state index in [2.05, 4.69) is 9.71 Å². The summed E-state index contributed by atoms with van der Waals surface area (Å²) >= 11 is 1.27. The summed E-state index contributed by atoms with van der Waals surface area (Å²) in [5.41, 5.74) is 3.72. The Labute approximate surface area is 229 Å². The van der Waals surface area contributed by atoms with Gasteiger partial charge in [0.2, 0.25) is 5.91 Å². The molecule has 0 bridgehead atoms. The van der Waals surface area contributed by atoms with Gasteiger partial charge in [-0.2, -0.15) is 13.4 Å². The summed E-state index contributed by atoms with van der Waals surface area (Å²) < 4.78 is 47.0. The lowest BCUT2D eigenvalue weighted by molar-refractivity contribution is -0.117. The van der Waals surface area contributed by atoms with E-state index in [0.29, 0.717) is 41.1 Å². The molecule has 0 unspecified atom stereocenters. The van der Waals surface area contributed by atoms with E-state index in [4.69, 9.17) is 4.74 Å². The molecule has 9 nitrogen and oxygen atoms in total. The Balaban J connectivity index is 1.22. The molecule has 2 amide bonds. The number of anilines is 2. The monoisotopic (exact) mass is 566 g/mol. The second kappa shape index (κ2) is 10.9. The van der Waals surface area contributed by atoms with E-state index < -0.39 is 16.1 Å². The molecular weight excluding hydrogens is 543 g/mol. The third kappa shape index (κ3) is 6.47. The Morgan fingerprint density at radius 1 is 1.13 bits per heavy atom. The van der Waals surface area contributed by atoms with Gasteiger partial charge in [0.05, 0.1) is 10.6 Å². The second-order valence-electron chi connectivity index (χ2n) is 8.80. The molecule has 0 radical (unpaired) electrons. The maximum atomic E-state index is 13.0. The van der Waals surface area contributed by atoms with Crippen molar-refractivity contribution in [3.63, 3.8) is 0 Å². The SMILES string of the molecule is CC(=O)NS(=O)(=O)Nc1ccc2c(c1)CCN2C1=NC(=O)/C(=C/c2ccc(OCc3ccc(F)cc3)cc2)S1. The maximum absolute atomic E-state index is 13.0. The number of rotatable bonds is 7. The van der Waals surface area contributed by atoms with Gasteiger partial charge in [0, 0.05) is 19.2 Å². The molecule has 5 rings (SSSR count). The Bertz CT molecular complexity index is 1600. The van der Waals surface area contributed by atoms with Crippen LogP contribution in [-0.2, 0) is 32.8 Å². The minimum Gasteiger partial charge on any atom is -0.489 e. The summed E-state index contributed by atoms with van der Waals surface area (Å²) in [5, 5.41) is 0.552. The number of carbonyl (C=O) groups is 2. The first-order valence-electron chi connectivity index (χ1n) is 11.9. The van der Waals surface area contributed by atoms with Crippen molar-refractivity contribution in [3.8, 4) is 5.75 Å². The summed E-state index contributed by atoms with van der Waals surface area (Å²) in [4.78, 5) is 30.4. The molecule has 2 N–H and O–H groups in total. The Morgan fingerprint density at radius 2 is 1.87 bits per heavy atom. The van der Waals surface area contributed by atoms with Crippen molar-refractivity contribution in [1.82, 2.24) is 4.72 Å². The zero-order chi connectivity index (χ0) is 27.6. The van der Waals surface area contributed by atoms with Crippen LogP contribution in [0.5, 0.6) is 5.75 Å². The first kappa shape index (κ1) is 26.4. The minimum atomic E-state index is -4.01. The lowest BCUT2D eigenvalue weighted by Gasteiger charge is -2.18. The van der Waals surface area contributed by atoms with Crippen molar-refractivity contribution >= 4 is 56.4 Å². The highest BCUT2D eigenvalue weighted by Gasteiger charge is 2.31. The van der Waals surface area contributed by atoms with E-state index in [-0.39, 0.29) is 11.7 Å². The number of hydrogen-bond acceptors (Lipinski definition) is 7. The molecule has 0 spiro atoms. The number of thioether (sulfide) groups is 1. The molecule has 3 aromatic carbocycles. The van der Waals surface area contributed by atoms with Gasteiger partial charge in [-0.3, -0.25) is 14.3 Å². The Morgan fingerprint density at radius 3 is 2.59 bits per heavy atom. The number of amides is 2. The summed E-state index contributed by atoms with van der Waals surface area (Å²) in [6.45, 7) is 2.02. The van der Waals surface area contributed by atoms with E-state index in [1.807, 2.05) is 21.8 Å². The fraction of sp³-hybridized carbons (Fsp3) is 0.148. The summed E-state index contributed by atoms with van der Waals surface area (Å²) in [6.07, 6.45) is 2.40. The van der Waals surface area contributed by atoms with E-state index >= 15 is 0 Å². The maximum Gasteiger partial charge on any atom is 0.323 e. The molecule has 0 aliphatic carbocycles. The molecule has 39 heavy (non-hydrogen) atoms. The second-order valence-corrected chi connectivity index (χ2v) is 11.2. The largest absolute Gasteiger partial charge is 0.489 e. The van der Waals surface area contributed by atoms with Crippen molar-refractivity contribution < 1.29 is 27.1 Å². The zero-order valence-corrected chi connectivity index (χ0v) is 22.3. The van der Waals surface area contributed by atoms with E-state index in [9.17, 15) is 22.4 Å². The van der Waals surface area contributed by atoms with Crippen molar-refractivity contribution in [3.05, 3.63) is 94.1 Å². The van der Waals surface area contributed by atoms with Gasteiger partial charge in [0.1, 0.15) is 18.2 Å². The highest BCUT2D eigenvalue weighted by molar-refractivity contribution is 8.18. The lowest BCUT2D eigenvalue weighted by Crippen LogP contribution is -2.33. The predicted octanol–water partition coefficient (Wildman–Crippen LogP) is 4.23. The first-order valence-corrected chi connectivity index (χ1v) is 14.2. The molecule has 3 aromatic rings. The number of carbonyl (C=O) groups excluding carboxylic acids is 2. The van der Waals surface area contributed by atoms with Gasteiger partial charge < -0.3 is 9.64 Å². The van der Waals surface area contributed by atoms with Crippen LogP contribution in [0.15, 0.2) is 76.6 Å². The van der Waals surface area contributed by atoms with E-state index in [1.165, 1.54) is 23.9 Å². The van der Waals surface area contributed by atoms with Gasteiger partial charge in [0.25, 0.3) is 5.91 Å². The Hall–Kier alpha value is -4.16. The molecule has 0 saturated carbocycles. The van der Waals surface area contributed by atoms with Crippen LogP contribution < -0.4 is 19.1 Å². The van der Waals surface area contributed by atoms with Gasteiger partial charge >= 0.3 is 10.2 Å². The highest BCUT2D eigenvalue weighted by atomic mass is 32.2. The van der Waals surface area contributed by atoms with Gasteiger partial charge in [-0.15, -0.1) is 0 Å². The molecule has 2 aliphatic rings. The first-order chi connectivity index (χ1) is 18.6. The quantitative estimate of drug-likeness (QED) is 0.411. The van der Waals surface area contributed by atoms with Gasteiger partial charge in [0.15, 0.2) is 5.17 Å². The van der Waals surface area contributed by atoms with E-state index in [0.717, 1.165) is 29.3 Å². The molecule has 12 heteroatoms. The number of ether oxygens (including phenoxy) is 1. The molecule has 200 valence electrons. The van der Waals surface area contributed by atoms with Gasteiger partial charge in [-0.1, -0.05) is 24.3 Å². The number of fused-ring (bicyclic) bond motifs is 1. The number of aliphatic imine (C=N–C) groups is 1. The summed E-state index contributed by atoms with van der Waals surface area (Å²) in [6, 6.07) is 18.4. The van der Waals surface area contributed by atoms with E-state index in [1.54, 1.807) is 48.5 Å². The lowest BCUT2D eigenvalue weighted by atomic mass is 10.1. The third-order valence-electron chi connectivity index (χ3n) is 5.84. The van der Waals surface area contributed by atoms with Crippen LogP contribution in [0.2, 0.25) is 0 Å². The van der Waals surface area contributed by atoms with Crippen LogP contribution in [0.1, 0.15) is 23.6 Å². The number of amidine groups is 1. The molecule has 2 heterocycles. The van der Waals surface area contributed by atoms with Gasteiger partial charge in [-0.25, -0.2) is 9.11 Å². The van der Waals surface area contributed by atoms with Crippen LogP contribution >= 0.6 is 11.8 Å². The molecule has 0 saturated heterocycles. The van der Waals surface area contributed by atoms with Crippen LogP contribution in [-0.4, -0.2) is 31.9 Å². The molecule has 0 fully saturated rings. The molecule has 0 atom stereocenters. The molecule has 0 aromatic heterocycles. The smallest absolute Gasteiger partial charge is 0.323 e. The van der Waals surface area contributed by atoms with Crippen molar-refractivity contribution in [2.75, 3.05) is 16.2 Å². The fourth-order valence-corrected chi connectivity index (χ4v) is 5.93. The average molecular weight is 567 g/mol. The topological polar surface area (TPSA) is 117 Å². The number of hydrogen-bond donors (Lipinski definition) is 2. The Kier molecular flexibility index (Phi) is 7.40. The van der Waals surface area contributed by atoms with Crippen molar-refractivity contribution in [2.24, 2.45) is 4.99 Å². The van der Waals surface area contributed by atoms with Crippen LogP contribution in [0.25, 0.3) is 6.08 Å². The van der Waals surface area contributed by atoms with Crippen molar-refractivity contribution in [1.29, 1.82) is 0 Å². The highest BCUT2D eigenvalue weighted by Crippen LogP contribution is 2.37. The zero-order valence-electron chi connectivity index (χ0n) is 20.7. The van der Waals surface area contributed by atoms with Crippen LogP contribution in [0, 0.1) is 5.82 Å². The molecule has 2 aliphatic heterocycles. The number of nitrogens with one attached hydrogen (secondary N) is 2. The number of halogens is 1. The fourth-order valence-electron chi connectivity index (χ4n) is 4.11. The molecular formula is C27H23FN4O5S2. The normalized spacial score (nSPS) is 15.7. The predicted molar refractivity (Wildman–Crippen MR) is 149 cm³/mol. The van der Waals surface area contributed by atoms with Crippen LogP contribution in [0.3, 0.4) is 0 Å². The average Bonchev–Trinajstić information content (AvgIpc) is 3.46. The van der Waals surface area contributed by atoms with Crippen LogP contribution in [0.4, 0.5) is 15.8 Å².